The van der Waals surface area contributed by atoms with Crippen molar-refractivity contribution in [2.75, 3.05) is 0 Å². The zero-order valence-electron chi connectivity index (χ0n) is 48.9. The van der Waals surface area contributed by atoms with Crippen LogP contribution in [-0.2, 0) is 0 Å². The van der Waals surface area contributed by atoms with Crippen molar-refractivity contribution in [3.05, 3.63) is 336 Å². The predicted octanol–water partition coefficient (Wildman–Crippen LogP) is 17.2. The van der Waals surface area contributed by atoms with Gasteiger partial charge in [-0.1, -0.05) is 0 Å². The minimum absolute atomic E-state index is 0.541. The van der Waals surface area contributed by atoms with E-state index in [1.807, 2.05) is 0 Å². The Hall–Kier alpha value is -9.23. The fourth-order valence-corrected chi connectivity index (χ4v) is 38.9. The molecule has 0 N–H and O–H groups in total. The quantitative estimate of drug-likeness (QED) is 0.0554. The van der Waals surface area contributed by atoms with E-state index in [1.165, 1.54) is 0 Å². The van der Waals surface area contributed by atoms with Gasteiger partial charge in [0.25, 0.3) is 0 Å². The summed E-state index contributed by atoms with van der Waals surface area (Å²) in [7, 11) is 0. The minimum atomic E-state index is -7.13. The molecule has 3 aliphatic heterocycles. The number of fused-ring (bicyclic) bond motifs is 2. The SMILES string of the molecule is Fc1c(F)c(F)c(C2=C(c3ccccc3)[Te+]3C(c4ccccc4)=C4[Te+](C(c5ccccc5)=C(c5c(F)c(F)c(F)c(F)c5F)[B-]4(c4c(F)c(F)c(F)c(F)c4F)c4c(F)c(F)c(F)c(F)c4F)C(c4ccccc4)=C3[B-]2(c2c(F)c(F)c(F)c(F)c2F)c2c(F)c(F)c(F)c(F)c2F)c(F)c1F. The van der Waals surface area contributed by atoms with Crippen molar-refractivity contribution in [3.63, 3.8) is 0 Å². The second-order valence-corrected chi connectivity index (χ2v) is 33.2. The van der Waals surface area contributed by atoms with Gasteiger partial charge in [-0.05, 0) is 0 Å². The molecule has 0 spiro atoms. The molecule has 10 aromatic rings. The van der Waals surface area contributed by atoms with E-state index in [-0.39, 0.29) is 0 Å². The van der Waals surface area contributed by atoms with Crippen molar-refractivity contribution in [3.8, 4) is 0 Å². The Labute approximate surface area is 563 Å². The van der Waals surface area contributed by atoms with Crippen molar-refractivity contribution >= 4 is 98.7 Å². The summed E-state index contributed by atoms with van der Waals surface area (Å²) >= 11 is -14.3. The third kappa shape index (κ3) is 9.41. The molecule has 0 radical (unpaired) electrons. The Bertz CT molecular complexity index is 4880. The van der Waals surface area contributed by atoms with Gasteiger partial charge >= 0.3 is 567 Å². The molecule has 10 aromatic carbocycles. The molecule has 0 amide bonds. The fraction of sp³-hybridized carbons (Fsp3) is 0. The van der Waals surface area contributed by atoms with Crippen LogP contribution in [0.4, 0.5) is 132 Å². The van der Waals surface area contributed by atoms with Crippen LogP contribution >= 0.6 is 0 Å². The molecule has 0 fully saturated rings. The molecule has 0 saturated heterocycles. The van der Waals surface area contributed by atoms with E-state index in [0.29, 0.717) is 48.5 Å². The zero-order valence-corrected chi connectivity index (χ0v) is 53.5. The molecule has 102 heavy (non-hydrogen) atoms. The Morgan fingerprint density at radius 2 is 0.314 bits per heavy atom. The third-order valence-corrected chi connectivity index (χ3v) is 35.7. The molecular formula is C68H20B2F30Te2. The first-order valence-corrected chi connectivity index (χ1v) is 35.3. The average Bonchev–Trinajstić information content (AvgIpc) is 1.46. The van der Waals surface area contributed by atoms with Crippen LogP contribution in [0.25, 0.3) is 25.4 Å². The molecule has 3 heterocycles. The van der Waals surface area contributed by atoms with Gasteiger partial charge in [0.2, 0.25) is 0 Å². The van der Waals surface area contributed by atoms with E-state index in [9.17, 15) is 0 Å². The van der Waals surface area contributed by atoms with Crippen molar-refractivity contribution in [1.82, 2.24) is 0 Å². The molecule has 0 saturated carbocycles. The summed E-state index contributed by atoms with van der Waals surface area (Å²) in [5.41, 5.74) is -28.4. The number of benzene rings is 10. The molecule has 3 aliphatic rings. The van der Waals surface area contributed by atoms with Crippen molar-refractivity contribution in [2.45, 2.75) is 0 Å². The van der Waals surface area contributed by atoms with Crippen molar-refractivity contribution in [1.29, 1.82) is 0 Å². The summed E-state index contributed by atoms with van der Waals surface area (Å²) < 4.78 is 509. The van der Waals surface area contributed by atoms with E-state index < -0.39 is 314 Å². The second-order valence-electron chi connectivity index (χ2n) is 22.5. The van der Waals surface area contributed by atoms with Crippen LogP contribution in [0.5, 0.6) is 0 Å². The van der Waals surface area contributed by atoms with E-state index >= 15 is 132 Å². The summed E-state index contributed by atoms with van der Waals surface area (Å²) in [5, 5.41) is 0. The summed E-state index contributed by atoms with van der Waals surface area (Å²) in [4.78, 5) is 0. The van der Waals surface area contributed by atoms with E-state index in [0.717, 1.165) is 72.8 Å². The zero-order chi connectivity index (χ0) is 74.0. The van der Waals surface area contributed by atoms with Crippen LogP contribution in [0, 0.1) is 175 Å². The summed E-state index contributed by atoms with van der Waals surface area (Å²) in [5.74, 6) is -103. The van der Waals surface area contributed by atoms with Crippen molar-refractivity contribution in [2.24, 2.45) is 0 Å². The molecular weight excluding hydrogens is 1660 g/mol. The van der Waals surface area contributed by atoms with Gasteiger partial charge in [-0.25, -0.2) is 0 Å². The van der Waals surface area contributed by atoms with Gasteiger partial charge in [0.1, 0.15) is 0 Å². The van der Waals surface area contributed by atoms with Crippen LogP contribution in [-0.4, -0.2) is 51.4 Å². The van der Waals surface area contributed by atoms with Gasteiger partial charge in [-0.2, -0.15) is 0 Å². The molecule has 0 unspecified atom stereocenters. The van der Waals surface area contributed by atoms with Gasteiger partial charge in [0, 0.05) is 0 Å². The van der Waals surface area contributed by atoms with Gasteiger partial charge in [-0.15, -0.1) is 0 Å². The first kappa shape index (κ1) is 71.2. The topological polar surface area (TPSA) is 0 Å². The Kier molecular flexibility index (Phi) is 17.7. The van der Waals surface area contributed by atoms with Crippen LogP contribution in [0.2, 0.25) is 0 Å². The van der Waals surface area contributed by atoms with Crippen LogP contribution < -0.4 is 21.9 Å². The fourth-order valence-electron chi connectivity index (χ4n) is 13.8. The van der Waals surface area contributed by atoms with Gasteiger partial charge < -0.3 is 0 Å². The second kappa shape index (κ2) is 25.3. The Morgan fingerprint density at radius 1 is 0.167 bits per heavy atom. The van der Waals surface area contributed by atoms with E-state index in [4.69, 9.17) is 0 Å². The molecule has 34 heteroatoms. The maximum atomic E-state index is 18.5. The van der Waals surface area contributed by atoms with E-state index in [2.05, 4.69) is 0 Å². The Morgan fingerprint density at radius 3 is 0.490 bits per heavy atom. The number of halogens is 30. The summed E-state index contributed by atoms with van der Waals surface area (Å²) in [6, 6.07) is 14.0. The molecule has 0 aliphatic carbocycles. The normalized spacial score (nSPS) is 15.3. The van der Waals surface area contributed by atoms with Gasteiger partial charge in [0.05, 0.1) is 0 Å². The molecule has 0 atom stereocenters. The van der Waals surface area contributed by atoms with E-state index in [1.54, 1.807) is 0 Å². The van der Waals surface area contributed by atoms with Crippen molar-refractivity contribution < 1.29 is 132 Å². The standard InChI is InChI=1S/C68H20B2F30Te2/c71-33-25(34(72)46(84)57(95)45(33)83)27-63(21-13-5-1-6-14-21)101-65(23-17-9-3-10-18-23)68-70(31-41(79)53(91)61(99)54(92)42(31)80,32-43(81)55(93)62(100)56(94)44(32)82)28(26-35(73)47(85)58(96)48(86)36(26)74)64(22-15-7-2-8-16-22)102(68)66(24-19-11-4-12-20-24)67(101)69(27,29-37(75)49(87)59(97)50(88)38(29)76)30-39(77)51(89)60(98)52(90)40(30)78/h1-20H. The summed E-state index contributed by atoms with van der Waals surface area (Å²) in [6.07, 6.45) is -13.8. The molecule has 0 aromatic heterocycles. The predicted molar refractivity (Wildman–Crippen MR) is 312 cm³/mol. The number of rotatable bonds is 10. The van der Waals surface area contributed by atoms with Gasteiger partial charge in [-0.3, -0.25) is 0 Å². The Balaban J connectivity index is 1.55. The van der Waals surface area contributed by atoms with Gasteiger partial charge in [0.15, 0.2) is 0 Å². The number of hydrogen-bond acceptors (Lipinski definition) is 0. The molecule has 0 bridgehead atoms. The molecule has 0 nitrogen and oxygen atoms in total. The molecule has 13 rings (SSSR count). The van der Waals surface area contributed by atoms with Crippen LogP contribution in [0.3, 0.4) is 0 Å². The first-order chi connectivity index (χ1) is 48.2. The van der Waals surface area contributed by atoms with Crippen LogP contribution in [0.1, 0.15) is 33.4 Å². The third-order valence-electron chi connectivity index (χ3n) is 17.7. The molecule has 520 valence electrons. The number of hydrogen-bond donors (Lipinski definition) is 0. The maximum absolute atomic E-state index is 18.5. The summed E-state index contributed by atoms with van der Waals surface area (Å²) in [6.45, 7) is 0. The monoisotopic (exact) mass is 1690 g/mol. The van der Waals surface area contributed by atoms with Crippen LogP contribution in [0.15, 0.2) is 128 Å². The first-order valence-electron chi connectivity index (χ1n) is 28.3. The average molecular weight is 1680 g/mol.